The minimum Gasteiger partial charge on any atom is -0.494 e. The van der Waals surface area contributed by atoms with E-state index in [0.717, 1.165) is 6.20 Å². The molecule has 1 unspecified atom stereocenters. The first-order valence-corrected chi connectivity index (χ1v) is 5.56. The van der Waals surface area contributed by atoms with Crippen molar-refractivity contribution in [3.8, 4) is 5.75 Å². The normalized spacial score (nSPS) is 12.2. The van der Waals surface area contributed by atoms with Crippen LogP contribution in [0.25, 0.3) is 0 Å². The Bertz CT molecular complexity index is 578. The van der Waals surface area contributed by atoms with Gasteiger partial charge in [0.15, 0.2) is 11.6 Å². The summed E-state index contributed by atoms with van der Waals surface area (Å²) in [7, 11) is 1.37. The van der Waals surface area contributed by atoms with Crippen LogP contribution in [0, 0.1) is 11.6 Å². The zero-order valence-electron chi connectivity index (χ0n) is 10.2. The second kappa shape index (κ2) is 5.73. The predicted octanol–water partition coefficient (Wildman–Crippen LogP) is 1.92. The number of pyridine rings is 1. The molecule has 100 valence electrons. The zero-order chi connectivity index (χ0) is 13.8. The number of nitrogens with zero attached hydrogens (tertiary/aromatic N) is 1. The lowest BCUT2D eigenvalue weighted by Crippen LogP contribution is -2.29. The SMILES string of the molecule is COc1cccc(C(NN)c2cncc(F)c2)c1F. The first kappa shape index (κ1) is 13.4. The summed E-state index contributed by atoms with van der Waals surface area (Å²) in [4.78, 5) is 3.73. The Morgan fingerprint density at radius 1 is 1.32 bits per heavy atom. The summed E-state index contributed by atoms with van der Waals surface area (Å²) in [6.07, 6.45) is 2.49. The van der Waals surface area contributed by atoms with E-state index in [2.05, 4.69) is 10.4 Å². The maximum Gasteiger partial charge on any atom is 0.170 e. The molecule has 0 saturated carbocycles. The van der Waals surface area contributed by atoms with Crippen LogP contribution in [0.5, 0.6) is 5.75 Å². The van der Waals surface area contributed by atoms with Crippen molar-refractivity contribution in [2.75, 3.05) is 7.11 Å². The molecule has 1 aromatic heterocycles. The number of benzene rings is 1. The van der Waals surface area contributed by atoms with Gasteiger partial charge in [-0.3, -0.25) is 10.8 Å². The number of hydrogen-bond donors (Lipinski definition) is 2. The van der Waals surface area contributed by atoms with Crippen LogP contribution < -0.4 is 16.0 Å². The first-order valence-electron chi connectivity index (χ1n) is 5.56. The van der Waals surface area contributed by atoms with Gasteiger partial charge in [-0.05, 0) is 17.7 Å². The van der Waals surface area contributed by atoms with Crippen LogP contribution in [-0.2, 0) is 0 Å². The third-order valence-corrected chi connectivity index (χ3v) is 2.75. The van der Waals surface area contributed by atoms with Gasteiger partial charge in [-0.2, -0.15) is 0 Å². The molecular formula is C13H13F2N3O. The largest absolute Gasteiger partial charge is 0.494 e. The summed E-state index contributed by atoms with van der Waals surface area (Å²) in [6.45, 7) is 0. The summed E-state index contributed by atoms with van der Waals surface area (Å²) >= 11 is 0. The highest BCUT2D eigenvalue weighted by atomic mass is 19.1. The smallest absolute Gasteiger partial charge is 0.170 e. The van der Waals surface area contributed by atoms with Crippen molar-refractivity contribution in [1.29, 1.82) is 0 Å². The third-order valence-electron chi connectivity index (χ3n) is 2.75. The molecule has 0 radical (unpaired) electrons. The Labute approximate surface area is 109 Å². The van der Waals surface area contributed by atoms with Crippen LogP contribution in [0.2, 0.25) is 0 Å². The molecule has 2 rings (SSSR count). The number of nitrogens with two attached hydrogens (primary N) is 1. The lowest BCUT2D eigenvalue weighted by Gasteiger charge is -2.18. The van der Waals surface area contributed by atoms with Crippen LogP contribution in [-0.4, -0.2) is 12.1 Å². The molecular weight excluding hydrogens is 252 g/mol. The topological polar surface area (TPSA) is 60.2 Å². The van der Waals surface area contributed by atoms with Crippen LogP contribution in [0.15, 0.2) is 36.7 Å². The monoisotopic (exact) mass is 265 g/mol. The molecule has 4 nitrogen and oxygen atoms in total. The standard InChI is InChI=1S/C13H13F2N3O/c1-19-11-4-2-3-10(12(11)15)13(18-16)8-5-9(14)7-17-6-8/h2-7,13,18H,16H2,1H3. The van der Waals surface area contributed by atoms with E-state index >= 15 is 0 Å². The van der Waals surface area contributed by atoms with Crippen molar-refractivity contribution in [2.45, 2.75) is 6.04 Å². The molecule has 0 amide bonds. The second-order valence-corrected chi connectivity index (χ2v) is 3.90. The average Bonchev–Trinajstić information content (AvgIpc) is 2.41. The van der Waals surface area contributed by atoms with Crippen LogP contribution >= 0.6 is 0 Å². The first-order chi connectivity index (χ1) is 9.17. The Morgan fingerprint density at radius 3 is 2.74 bits per heavy atom. The quantitative estimate of drug-likeness (QED) is 0.655. The molecule has 6 heteroatoms. The highest BCUT2D eigenvalue weighted by molar-refractivity contribution is 5.37. The molecule has 0 spiro atoms. The van der Waals surface area contributed by atoms with Crippen molar-refractivity contribution < 1.29 is 13.5 Å². The molecule has 2 aromatic rings. The highest BCUT2D eigenvalue weighted by Gasteiger charge is 2.19. The maximum absolute atomic E-state index is 14.2. The fraction of sp³-hybridized carbons (Fsp3) is 0.154. The summed E-state index contributed by atoms with van der Waals surface area (Å²) < 4.78 is 32.2. The minimum absolute atomic E-state index is 0.0992. The molecule has 1 atom stereocenters. The lowest BCUT2D eigenvalue weighted by molar-refractivity contribution is 0.381. The van der Waals surface area contributed by atoms with E-state index in [1.807, 2.05) is 0 Å². The zero-order valence-corrected chi connectivity index (χ0v) is 10.2. The van der Waals surface area contributed by atoms with Crippen molar-refractivity contribution >= 4 is 0 Å². The van der Waals surface area contributed by atoms with Gasteiger partial charge in [0.2, 0.25) is 0 Å². The number of nitrogens with one attached hydrogen (secondary N) is 1. The van der Waals surface area contributed by atoms with E-state index in [4.69, 9.17) is 10.6 Å². The van der Waals surface area contributed by atoms with Crippen molar-refractivity contribution in [2.24, 2.45) is 5.84 Å². The average molecular weight is 265 g/mol. The van der Waals surface area contributed by atoms with Crippen LogP contribution in [0.4, 0.5) is 8.78 Å². The van der Waals surface area contributed by atoms with Crippen molar-refractivity contribution in [1.82, 2.24) is 10.4 Å². The third kappa shape index (κ3) is 2.69. The highest BCUT2D eigenvalue weighted by Crippen LogP contribution is 2.28. The van der Waals surface area contributed by atoms with Gasteiger partial charge in [0.05, 0.1) is 19.3 Å². The number of aromatic nitrogens is 1. The number of hydrazine groups is 1. The van der Waals surface area contributed by atoms with E-state index in [1.54, 1.807) is 12.1 Å². The molecule has 1 heterocycles. The number of rotatable bonds is 4. The van der Waals surface area contributed by atoms with Gasteiger partial charge in [0, 0.05) is 11.8 Å². The van der Waals surface area contributed by atoms with Gasteiger partial charge in [0.1, 0.15) is 5.82 Å². The van der Waals surface area contributed by atoms with E-state index < -0.39 is 17.7 Å². The van der Waals surface area contributed by atoms with Gasteiger partial charge >= 0.3 is 0 Å². The summed E-state index contributed by atoms with van der Waals surface area (Å²) in [5.41, 5.74) is 3.14. The molecule has 3 N–H and O–H groups in total. The van der Waals surface area contributed by atoms with Crippen molar-refractivity contribution in [3.05, 3.63) is 59.4 Å². The molecule has 0 aliphatic carbocycles. The fourth-order valence-electron chi connectivity index (χ4n) is 1.86. The molecule has 1 aromatic carbocycles. The Balaban J connectivity index is 2.48. The number of ether oxygens (including phenoxy) is 1. The molecule has 0 bridgehead atoms. The number of halogens is 2. The van der Waals surface area contributed by atoms with E-state index in [1.165, 1.54) is 25.4 Å². The molecule has 0 fully saturated rings. The van der Waals surface area contributed by atoms with Gasteiger partial charge < -0.3 is 4.74 Å². The fourth-order valence-corrected chi connectivity index (χ4v) is 1.86. The molecule has 19 heavy (non-hydrogen) atoms. The van der Waals surface area contributed by atoms with E-state index in [9.17, 15) is 8.78 Å². The Kier molecular flexibility index (Phi) is 4.03. The molecule has 0 aliphatic rings. The number of methoxy groups -OCH3 is 1. The van der Waals surface area contributed by atoms with Gasteiger partial charge in [-0.25, -0.2) is 14.2 Å². The van der Waals surface area contributed by atoms with Gasteiger partial charge in [0.25, 0.3) is 0 Å². The Hall–Kier alpha value is -2.05. The second-order valence-electron chi connectivity index (χ2n) is 3.90. The predicted molar refractivity (Wildman–Crippen MR) is 66.3 cm³/mol. The summed E-state index contributed by atoms with van der Waals surface area (Å²) in [6, 6.07) is 5.21. The van der Waals surface area contributed by atoms with E-state index in [0.29, 0.717) is 5.56 Å². The summed E-state index contributed by atoms with van der Waals surface area (Å²) in [5.74, 6) is 4.48. The van der Waals surface area contributed by atoms with Gasteiger partial charge in [-0.15, -0.1) is 0 Å². The Morgan fingerprint density at radius 2 is 2.11 bits per heavy atom. The van der Waals surface area contributed by atoms with E-state index in [-0.39, 0.29) is 11.3 Å². The molecule has 0 aliphatic heterocycles. The lowest BCUT2D eigenvalue weighted by atomic mass is 10.00. The molecule has 0 saturated heterocycles. The van der Waals surface area contributed by atoms with Crippen LogP contribution in [0.3, 0.4) is 0 Å². The van der Waals surface area contributed by atoms with Crippen LogP contribution in [0.1, 0.15) is 17.2 Å². The van der Waals surface area contributed by atoms with Gasteiger partial charge in [-0.1, -0.05) is 12.1 Å². The number of hydrogen-bond acceptors (Lipinski definition) is 4. The maximum atomic E-state index is 14.2. The van der Waals surface area contributed by atoms with Crippen molar-refractivity contribution in [3.63, 3.8) is 0 Å². The summed E-state index contributed by atoms with van der Waals surface area (Å²) in [5, 5.41) is 0. The minimum atomic E-state index is -0.710.